The third-order valence-corrected chi connectivity index (χ3v) is 0.563. The summed E-state index contributed by atoms with van der Waals surface area (Å²) < 4.78 is 22.5. The highest BCUT2D eigenvalue weighted by molar-refractivity contribution is 5.85. The molecule has 1 atom stereocenters. The molecule has 1 nitrogen and oxygen atoms in total. The van der Waals surface area contributed by atoms with Crippen molar-refractivity contribution in [1.29, 1.82) is 0 Å². The van der Waals surface area contributed by atoms with Gasteiger partial charge in [-0.2, -0.15) is 0 Å². The third kappa shape index (κ3) is 4.02. The average molecular weight is 144 g/mol. The van der Waals surface area contributed by atoms with Crippen molar-refractivity contribution in [2.75, 3.05) is 0 Å². The fraction of sp³-hybridized carbons (Fsp3) is 0.500. The zero-order valence-electron chi connectivity index (χ0n) is 4.18. The molecular formula is C4H8ClF2N. The SMILES string of the molecule is C=CC(N)C(F)F.Cl. The molecule has 0 aliphatic heterocycles. The molecule has 0 aliphatic carbocycles. The Kier molecular flexibility index (Phi) is 6.72. The van der Waals surface area contributed by atoms with Gasteiger partial charge in [-0.1, -0.05) is 6.08 Å². The molecule has 1 unspecified atom stereocenters. The van der Waals surface area contributed by atoms with E-state index in [9.17, 15) is 8.78 Å². The van der Waals surface area contributed by atoms with E-state index in [1.165, 1.54) is 0 Å². The van der Waals surface area contributed by atoms with E-state index in [0.717, 1.165) is 6.08 Å². The topological polar surface area (TPSA) is 26.0 Å². The van der Waals surface area contributed by atoms with Gasteiger partial charge in [0.05, 0.1) is 6.04 Å². The highest BCUT2D eigenvalue weighted by Crippen LogP contribution is 1.96. The van der Waals surface area contributed by atoms with E-state index >= 15 is 0 Å². The summed E-state index contributed by atoms with van der Waals surface area (Å²) in [6.07, 6.45) is -1.46. The molecule has 0 saturated heterocycles. The molecule has 0 aromatic rings. The second kappa shape index (κ2) is 5.00. The zero-order valence-corrected chi connectivity index (χ0v) is 5.00. The molecule has 0 bridgehead atoms. The standard InChI is InChI=1S/C4H7F2N.ClH/c1-2-3(7)4(5)6;/h2-4H,1,7H2;1H. The summed E-state index contributed by atoms with van der Waals surface area (Å²) in [5.41, 5.74) is 4.75. The second-order valence-electron chi connectivity index (χ2n) is 1.15. The Hall–Kier alpha value is -0.150. The molecule has 0 rings (SSSR count). The first-order chi connectivity index (χ1) is 3.18. The molecule has 0 spiro atoms. The molecule has 50 valence electrons. The van der Waals surface area contributed by atoms with Gasteiger partial charge in [-0.05, 0) is 0 Å². The van der Waals surface area contributed by atoms with Crippen LogP contribution in [0.15, 0.2) is 12.7 Å². The van der Waals surface area contributed by atoms with Gasteiger partial charge in [0.15, 0.2) is 0 Å². The lowest BCUT2D eigenvalue weighted by atomic mass is 10.3. The van der Waals surface area contributed by atoms with E-state index in [2.05, 4.69) is 6.58 Å². The Bertz CT molecular complexity index is 67.1. The smallest absolute Gasteiger partial charge is 0.256 e. The van der Waals surface area contributed by atoms with E-state index in [1.807, 2.05) is 0 Å². The Balaban J connectivity index is 0. The predicted molar refractivity (Wildman–Crippen MR) is 31.4 cm³/mol. The number of hydrogen-bond donors (Lipinski definition) is 1. The van der Waals surface area contributed by atoms with Crippen LogP contribution in [0.5, 0.6) is 0 Å². The van der Waals surface area contributed by atoms with Gasteiger partial charge in [0.2, 0.25) is 0 Å². The van der Waals surface area contributed by atoms with Gasteiger partial charge >= 0.3 is 0 Å². The minimum atomic E-state index is -2.47. The van der Waals surface area contributed by atoms with Crippen LogP contribution >= 0.6 is 12.4 Å². The molecule has 0 aromatic heterocycles. The Labute approximate surface area is 53.0 Å². The van der Waals surface area contributed by atoms with Gasteiger partial charge in [0, 0.05) is 0 Å². The molecule has 4 heteroatoms. The third-order valence-electron chi connectivity index (χ3n) is 0.563. The van der Waals surface area contributed by atoms with Gasteiger partial charge < -0.3 is 5.73 Å². The Morgan fingerprint density at radius 2 is 1.88 bits per heavy atom. The molecule has 0 aromatic carbocycles. The highest BCUT2D eigenvalue weighted by atomic mass is 35.5. The van der Waals surface area contributed by atoms with Gasteiger partial charge in [-0.25, -0.2) is 8.78 Å². The molecule has 8 heavy (non-hydrogen) atoms. The summed E-state index contributed by atoms with van der Waals surface area (Å²) in [4.78, 5) is 0. The van der Waals surface area contributed by atoms with Gasteiger partial charge in [-0.3, -0.25) is 0 Å². The Morgan fingerprint density at radius 1 is 1.50 bits per heavy atom. The van der Waals surface area contributed by atoms with Crippen molar-refractivity contribution in [3.05, 3.63) is 12.7 Å². The maximum atomic E-state index is 11.2. The quantitative estimate of drug-likeness (QED) is 0.578. The first-order valence-corrected chi connectivity index (χ1v) is 1.84. The number of halogens is 3. The van der Waals surface area contributed by atoms with Crippen molar-refractivity contribution < 1.29 is 8.78 Å². The number of alkyl halides is 2. The monoisotopic (exact) mass is 143 g/mol. The lowest BCUT2D eigenvalue weighted by Crippen LogP contribution is -2.25. The predicted octanol–water partition coefficient (Wildman–Crippen LogP) is 1.19. The summed E-state index contributed by atoms with van der Waals surface area (Å²) >= 11 is 0. The largest absolute Gasteiger partial charge is 0.320 e. The fourth-order valence-corrected chi connectivity index (χ4v) is 0.103. The first-order valence-electron chi connectivity index (χ1n) is 1.84. The number of rotatable bonds is 2. The summed E-state index contributed by atoms with van der Waals surface area (Å²) in [6.45, 7) is 3.08. The average Bonchev–Trinajstić information content (AvgIpc) is 1.65. The molecule has 0 fully saturated rings. The maximum absolute atomic E-state index is 11.2. The molecule has 0 saturated carbocycles. The lowest BCUT2D eigenvalue weighted by Gasteiger charge is -1.99. The Morgan fingerprint density at radius 3 is 1.88 bits per heavy atom. The lowest BCUT2D eigenvalue weighted by molar-refractivity contribution is 0.133. The van der Waals surface area contributed by atoms with Crippen molar-refractivity contribution in [2.24, 2.45) is 5.73 Å². The summed E-state index contributed by atoms with van der Waals surface area (Å²) in [7, 11) is 0. The van der Waals surface area contributed by atoms with E-state index in [1.54, 1.807) is 0 Å². The van der Waals surface area contributed by atoms with Crippen molar-refractivity contribution in [1.82, 2.24) is 0 Å². The minimum absolute atomic E-state index is 0. The van der Waals surface area contributed by atoms with Crippen LogP contribution in [-0.4, -0.2) is 12.5 Å². The number of hydrogen-bond acceptors (Lipinski definition) is 1. The van der Waals surface area contributed by atoms with Crippen LogP contribution in [-0.2, 0) is 0 Å². The van der Waals surface area contributed by atoms with E-state index in [4.69, 9.17) is 5.73 Å². The number of nitrogens with two attached hydrogens (primary N) is 1. The van der Waals surface area contributed by atoms with Crippen LogP contribution in [0.1, 0.15) is 0 Å². The molecule has 2 N–H and O–H groups in total. The van der Waals surface area contributed by atoms with E-state index < -0.39 is 12.5 Å². The van der Waals surface area contributed by atoms with Gasteiger partial charge in [0.1, 0.15) is 0 Å². The first kappa shape index (κ1) is 10.8. The van der Waals surface area contributed by atoms with Crippen LogP contribution in [0.2, 0.25) is 0 Å². The summed E-state index contributed by atoms with van der Waals surface area (Å²) in [5, 5.41) is 0. The summed E-state index contributed by atoms with van der Waals surface area (Å²) in [5.74, 6) is 0. The molecule has 0 radical (unpaired) electrons. The fourth-order valence-electron chi connectivity index (χ4n) is 0.103. The van der Waals surface area contributed by atoms with Crippen molar-refractivity contribution in [3.63, 3.8) is 0 Å². The molecule has 0 aliphatic rings. The van der Waals surface area contributed by atoms with Crippen molar-refractivity contribution in [2.45, 2.75) is 12.5 Å². The molecule has 0 heterocycles. The van der Waals surface area contributed by atoms with Crippen LogP contribution in [0.3, 0.4) is 0 Å². The van der Waals surface area contributed by atoms with Crippen LogP contribution in [0, 0.1) is 0 Å². The second-order valence-corrected chi connectivity index (χ2v) is 1.15. The van der Waals surface area contributed by atoms with Crippen LogP contribution in [0.4, 0.5) is 8.78 Å². The highest BCUT2D eigenvalue weighted by Gasteiger charge is 2.08. The van der Waals surface area contributed by atoms with E-state index in [-0.39, 0.29) is 12.4 Å². The molecular weight excluding hydrogens is 136 g/mol. The van der Waals surface area contributed by atoms with E-state index in [0.29, 0.717) is 0 Å². The van der Waals surface area contributed by atoms with Crippen LogP contribution < -0.4 is 5.73 Å². The van der Waals surface area contributed by atoms with Gasteiger partial charge in [-0.15, -0.1) is 19.0 Å². The maximum Gasteiger partial charge on any atom is 0.256 e. The van der Waals surface area contributed by atoms with Crippen molar-refractivity contribution >= 4 is 12.4 Å². The molecule has 0 amide bonds. The van der Waals surface area contributed by atoms with Gasteiger partial charge in [0.25, 0.3) is 6.43 Å². The minimum Gasteiger partial charge on any atom is -0.320 e. The van der Waals surface area contributed by atoms with Crippen LogP contribution in [0.25, 0.3) is 0 Å². The summed E-state index contributed by atoms with van der Waals surface area (Å²) in [6, 6.07) is -1.17. The zero-order chi connectivity index (χ0) is 5.86. The normalized spacial score (nSPS) is 12.5. The van der Waals surface area contributed by atoms with Crippen molar-refractivity contribution in [3.8, 4) is 0 Å².